The topological polar surface area (TPSA) is 77.2 Å². The molecule has 2 N–H and O–H groups in total. The Bertz CT molecular complexity index is 664. The van der Waals surface area contributed by atoms with Gasteiger partial charge in [0.1, 0.15) is 12.4 Å². The lowest BCUT2D eigenvalue weighted by molar-refractivity contribution is 0.108. The molecule has 0 aliphatic carbocycles. The largest absolute Gasteiger partial charge is 0.461 e. The van der Waals surface area contributed by atoms with Crippen LogP contribution in [0.4, 0.5) is 5.82 Å². The maximum atomic E-state index is 5.96. The zero-order valence-electron chi connectivity index (χ0n) is 12.0. The lowest BCUT2D eigenvalue weighted by Gasteiger charge is -2.31. The summed E-state index contributed by atoms with van der Waals surface area (Å²) < 4.78 is 5.92. The van der Waals surface area contributed by atoms with Crippen LogP contribution in [0.1, 0.15) is 25.7 Å². The number of rotatable bonds is 3. The molecule has 0 amide bonds. The molecule has 2 aromatic heterocycles. The molecular weight excluding hydrogens is 266 g/mol. The summed E-state index contributed by atoms with van der Waals surface area (Å²) in [6, 6.07) is 2.20. The average Bonchev–Trinajstić information content (AvgIpc) is 3.05. The summed E-state index contributed by atoms with van der Waals surface area (Å²) in [6.07, 6.45) is 8.32. The normalized spacial score (nSPS) is 20.8. The molecular formula is C15H19N5O. The number of ether oxygens (including phenoxy) is 1. The number of hydrogen-bond donors (Lipinski definition) is 1. The van der Waals surface area contributed by atoms with E-state index >= 15 is 0 Å². The van der Waals surface area contributed by atoms with Crippen molar-refractivity contribution in [2.24, 2.45) is 0 Å². The highest BCUT2D eigenvalue weighted by Crippen LogP contribution is 2.39. The van der Waals surface area contributed by atoms with Gasteiger partial charge in [0.05, 0.1) is 16.4 Å². The molecule has 0 aromatic carbocycles. The first kappa shape index (κ1) is 12.8. The van der Waals surface area contributed by atoms with E-state index < -0.39 is 0 Å². The second-order valence-electron chi connectivity index (χ2n) is 5.99. The molecule has 2 aliphatic heterocycles. The predicted octanol–water partition coefficient (Wildman–Crippen LogP) is 1.61. The smallest absolute Gasteiger partial charge is 0.319 e. The van der Waals surface area contributed by atoms with Gasteiger partial charge in [0.2, 0.25) is 0 Å². The minimum absolute atomic E-state index is 0.200. The van der Waals surface area contributed by atoms with E-state index in [1.54, 1.807) is 12.4 Å². The highest BCUT2D eigenvalue weighted by molar-refractivity contribution is 5.87. The van der Waals surface area contributed by atoms with Crippen LogP contribution < -0.4 is 10.5 Å². The Morgan fingerprint density at radius 1 is 1.24 bits per heavy atom. The van der Waals surface area contributed by atoms with E-state index in [0.29, 0.717) is 18.4 Å². The van der Waals surface area contributed by atoms with Crippen LogP contribution in [0.15, 0.2) is 18.5 Å². The quantitative estimate of drug-likeness (QED) is 0.923. The zero-order valence-corrected chi connectivity index (χ0v) is 12.0. The third kappa shape index (κ3) is 2.10. The SMILES string of the molecule is Nc1nc(OCC23CCCN2CCC3)nc2ccncc12. The van der Waals surface area contributed by atoms with E-state index in [0.717, 1.165) is 10.9 Å². The predicted molar refractivity (Wildman–Crippen MR) is 80.0 cm³/mol. The van der Waals surface area contributed by atoms with Crippen LogP contribution in [-0.4, -0.2) is 45.1 Å². The summed E-state index contributed by atoms with van der Waals surface area (Å²) in [4.78, 5) is 15.3. The van der Waals surface area contributed by atoms with Gasteiger partial charge in [-0.05, 0) is 44.8 Å². The number of nitrogens with two attached hydrogens (primary N) is 1. The van der Waals surface area contributed by atoms with Crippen LogP contribution in [0.2, 0.25) is 0 Å². The molecule has 6 heteroatoms. The number of hydrogen-bond acceptors (Lipinski definition) is 6. The van der Waals surface area contributed by atoms with Crippen LogP contribution in [-0.2, 0) is 0 Å². The number of nitrogen functional groups attached to an aromatic ring is 1. The molecule has 0 unspecified atom stereocenters. The van der Waals surface area contributed by atoms with Gasteiger partial charge in [-0.2, -0.15) is 9.97 Å². The number of fused-ring (bicyclic) bond motifs is 2. The van der Waals surface area contributed by atoms with Crippen molar-refractivity contribution < 1.29 is 4.74 Å². The Labute approximate surface area is 123 Å². The standard InChI is InChI=1S/C15H19N5O/c16-13-11-9-17-6-3-12(11)18-14(19-13)21-10-15-4-1-7-20(15)8-2-5-15/h3,6,9H,1-2,4-5,7-8,10H2,(H2,16,18,19). The van der Waals surface area contributed by atoms with Crippen molar-refractivity contribution >= 4 is 16.7 Å². The molecule has 0 bridgehead atoms. The molecule has 2 aliphatic rings. The van der Waals surface area contributed by atoms with Crippen molar-refractivity contribution in [3.63, 3.8) is 0 Å². The van der Waals surface area contributed by atoms with E-state index in [2.05, 4.69) is 19.9 Å². The Hall–Kier alpha value is -1.95. The van der Waals surface area contributed by atoms with Gasteiger partial charge in [-0.25, -0.2) is 0 Å². The fraction of sp³-hybridized carbons (Fsp3) is 0.533. The summed E-state index contributed by atoms with van der Waals surface area (Å²) in [5.41, 5.74) is 6.94. The van der Waals surface area contributed by atoms with Crippen LogP contribution in [0.25, 0.3) is 10.9 Å². The molecule has 2 saturated heterocycles. The van der Waals surface area contributed by atoms with Crippen molar-refractivity contribution in [1.29, 1.82) is 0 Å². The number of pyridine rings is 1. The van der Waals surface area contributed by atoms with Gasteiger partial charge in [-0.1, -0.05) is 0 Å². The van der Waals surface area contributed by atoms with Gasteiger partial charge < -0.3 is 10.5 Å². The van der Waals surface area contributed by atoms with Crippen LogP contribution >= 0.6 is 0 Å². The van der Waals surface area contributed by atoms with Crippen molar-refractivity contribution in [3.05, 3.63) is 18.5 Å². The van der Waals surface area contributed by atoms with Crippen molar-refractivity contribution in [1.82, 2.24) is 19.9 Å². The minimum atomic E-state index is 0.200. The molecule has 4 rings (SSSR count). The van der Waals surface area contributed by atoms with Gasteiger partial charge in [0.25, 0.3) is 0 Å². The Morgan fingerprint density at radius 2 is 2.05 bits per heavy atom. The zero-order chi connectivity index (χ0) is 14.3. The maximum absolute atomic E-state index is 5.96. The summed E-state index contributed by atoms with van der Waals surface area (Å²) in [7, 11) is 0. The maximum Gasteiger partial charge on any atom is 0.319 e. The molecule has 0 spiro atoms. The summed E-state index contributed by atoms with van der Waals surface area (Å²) >= 11 is 0. The Balaban J connectivity index is 1.57. The third-order valence-electron chi connectivity index (χ3n) is 4.79. The number of anilines is 1. The van der Waals surface area contributed by atoms with Gasteiger partial charge in [-0.15, -0.1) is 0 Å². The van der Waals surface area contributed by atoms with E-state index in [9.17, 15) is 0 Å². The molecule has 0 radical (unpaired) electrons. The van der Waals surface area contributed by atoms with E-state index in [-0.39, 0.29) is 5.54 Å². The fourth-order valence-electron chi connectivity index (χ4n) is 3.70. The summed E-state index contributed by atoms with van der Waals surface area (Å²) in [6.45, 7) is 3.04. The second kappa shape index (κ2) is 4.80. The lowest BCUT2D eigenvalue weighted by Crippen LogP contribution is -2.43. The van der Waals surface area contributed by atoms with Gasteiger partial charge in [0.15, 0.2) is 0 Å². The summed E-state index contributed by atoms with van der Waals surface area (Å²) in [5.74, 6) is 0.426. The monoisotopic (exact) mass is 285 g/mol. The van der Waals surface area contributed by atoms with E-state index in [1.807, 2.05) is 6.07 Å². The van der Waals surface area contributed by atoms with Crippen LogP contribution in [0.5, 0.6) is 6.01 Å². The molecule has 21 heavy (non-hydrogen) atoms. The first-order valence-electron chi connectivity index (χ1n) is 7.52. The number of nitrogens with zero attached hydrogens (tertiary/aromatic N) is 4. The molecule has 110 valence electrons. The fourth-order valence-corrected chi connectivity index (χ4v) is 3.70. The highest BCUT2D eigenvalue weighted by atomic mass is 16.5. The Morgan fingerprint density at radius 3 is 2.86 bits per heavy atom. The molecule has 2 fully saturated rings. The summed E-state index contributed by atoms with van der Waals surface area (Å²) in [5, 5.41) is 0.770. The van der Waals surface area contributed by atoms with E-state index in [4.69, 9.17) is 10.5 Å². The highest BCUT2D eigenvalue weighted by Gasteiger charge is 2.44. The molecule has 0 atom stereocenters. The third-order valence-corrected chi connectivity index (χ3v) is 4.79. The van der Waals surface area contributed by atoms with Gasteiger partial charge in [-0.3, -0.25) is 9.88 Å². The first-order valence-corrected chi connectivity index (χ1v) is 7.52. The van der Waals surface area contributed by atoms with Crippen LogP contribution in [0, 0.1) is 0 Å². The first-order chi connectivity index (χ1) is 10.3. The van der Waals surface area contributed by atoms with Crippen LogP contribution in [0.3, 0.4) is 0 Å². The Kier molecular flexibility index (Phi) is 2.92. The van der Waals surface area contributed by atoms with Gasteiger partial charge in [0, 0.05) is 12.4 Å². The van der Waals surface area contributed by atoms with E-state index in [1.165, 1.54) is 38.8 Å². The average molecular weight is 285 g/mol. The lowest BCUT2D eigenvalue weighted by atomic mass is 9.95. The molecule has 2 aromatic rings. The molecule has 0 saturated carbocycles. The van der Waals surface area contributed by atoms with Crippen molar-refractivity contribution in [2.75, 3.05) is 25.4 Å². The van der Waals surface area contributed by atoms with Crippen molar-refractivity contribution in [3.8, 4) is 6.01 Å². The minimum Gasteiger partial charge on any atom is -0.461 e. The van der Waals surface area contributed by atoms with Crippen molar-refractivity contribution in [2.45, 2.75) is 31.2 Å². The number of aromatic nitrogens is 3. The molecule has 6 nitrogen and oxygen atoms in total. The van der Waals surface area contributed by atoms with Gasteiger partial charge >= 0.3 is 6.01 Å². The second-order valence-corrected chi connectivity index (χ2v) is 5.99. The molecule has 4 heterocycles.